The zero-order valence-electron chi connectivity index (χ0n) is 20.7. The van der Waals surface area contributed by atoms with E-state index in [1.54, 1.807) is 42.9 Å². The summed E-state index contributed by atoms with van der Waals surface area (Å²) < 4.78 is 21.5. The van der Waals surface area contributed by atoms with Gasteiger partial charge < -0.3 is 4.74 Å². The third-order valence-corrected chi connectivity index (χ3v) is 7.60. The van der Waals surface area contributed by atoms with Gasteiger partial charge in [-0.3, -0.25) is 24.0 Å². The summed E-state index contributed by atoms with van der Waals surface area (Å²) in [7, 11) is 0. The Hall–Kier alpha value is -2.78. The number of piperidine rings is 1. The van der Waals surface area contributed by atoms with Crippen LogP contribution >= 0.6 is 11.8 Å². The SMILES string of the molecule is CCOC(=O)CCn1ccc(C=C2CN(C(C(=O)C3CC3)c3ccccc3F)CC[C@H]2SC(C)=O)n1. The summed E-state index contributed by atoms with van der Waals surface area (Å²) in [6.07, 6.45) is 6.36. The van der Waals surface area contributed by atoms with Crippen LogP contribution in [0.3, 0.4) is 0 Å². The van der Waals surface area contributed by atoms with Crippen LogP contribution < -0.4 is 0 Å². The summed E-state index contributed by atoms with van der Waals surface area (Å²) in [6.45, 7) is 5.11. The molecule has 0 radical (unpaired) electrons. The van der Waals surface area contributed by atoms with Crippen molar-refractivity contribution in [2.24, 2.45) is 5.92 Å². The minimum absolute atomic E-state index is 0.0125. The van der Waals surface area contributed by atoms with Gasteiger partial charge in [-0.2, -0.15) is 5.10 Å². The molecular weight excluding hydrogens is 481 g/mol. The average Bonchev–Trinajstić information content (AvgIpc) is 3.60. The molecule has 1 unspecified atom stereocenters. The molecule has 0 bridgehead atoms. The van der Waals surface area contributed by atoms with E-state index in [0.29, 0.717) is 43.9 Å². The lowest BCUT2D eigenvalue weighted by molar-refractivity contribution is -0.143. The van der Waals surface area contributed by atoms with Crippen LogP contribution in [0.4, 0.5) is 4.39 Å². The number of aryl methyl sites for hydroxylation is 1. The van der Waals surface area contributed by atoms with E-state index >= 15 is 0 Å². The van der Waals surface area contributed by atoms with E-state index in [9.17, 15) is 18.8 Å². The van der Waals surface area contributed by atoms with Crippen molar-refractivity contribution in [3.05, 3.63) is 59.2 Å². The highest BCUT2D eigenvalue weighted by Crippen LogP contribution is 2.40. The predicted octanol–water partition coefficient (Wildman–Crippen LogP) is 4.43. The number of hydrogen-bond acceptors (Lipinski definition) is 7. The average molecular weight is 514 g/mol. The van der Waals surface area contributed by atoms with Crippen LogP contribution in [0.25, 0.3) is 6.08 Å². The Labute approximate surface area is 215 Å². The van der Waals surface area contributed by atoms with E-state index in [-0.39, 0.29) is 40.3 Å². The number of rotatable bonds is 10. The molecule has 4 rings (SSSR count). The zero-order valence-corrected chi connectivity index (χ0v) is 21.5. The molecule has 2 atom stereocenters. The van der Waals surface area contributed by atoms with Gasteiger partial charge in [0.15, 0.2) is 10.9 Å². The molecule has 2 aromatic rings. The highest BCUT2D eigenvalue weighted by Gasteiger charge is 2.41. The molecule has 0 amide bonds. The molecule has 2 heterocycles. The van der Waals surface area contributed by atoms with Gasteiger partial charge in [0.25, 0.3) is 0 Å². The Morgan fingerprint density at radius 2 is 2.00 bits per heavy atom. The monoisotopic (exact) mass is 513 g/mol. The van der Waals surface area contributed by atoms with Crippen molar-refractivity contribution in [2.45, 2.75) is 57.4 Å². The van der Waals surface area contributed by atoms with Gasteiger partial charge in [0, 0.05) is 42.9 Å². The lowest BCUT2D eigenvalue weighted by atomic mass is 9.93. The highest BCUT2D eigenvalue weighted by molar-refractivity contribution is 8.14. The van der Waals surface area contributed by atoms with Gasteiger partial charge in [0.1, 0.15) is 5.82 Å². The fraction of sp³-hybridized carbons (Fsp3) is 0.481. The molecule has 7 nitrogen and oxygen atoms in total. The summed E-state index contributed by atoms with van der Waals surface area (Å²) in [5.41, 5.74) is 2.09. The highest BCUT2D eigenvalue weighted by atomic mass is 32.2. The van der Waals surface area contributed by atoms with Crippen molar-refractivity contribution < 1.29 is 23.5 Å². The molecule has 9 heteroatoms. The molecule has 1 saturated carbocycles. The molecule has 0 N–H and O–H groups in total. The topological polar surface area (TPSA) is 81.5 Å². The Bertz CT molecular complexity index is 1140. The number of esters is 1. The number of Topliss-reactive ketones (excluding diaryl/α,β-unsaturated/α-hetero) is 1. The van der Waals surface area contributed by atoms with E-state index in [1.807, 2.05) is 17.0 Å². The largest absolute Gasteiger partial charge is 0.466 e. The van der Waals surface area contributed by atoms with E-state index in [1.165, 1.54) is 17.8 Å². The fourth-order valence-electron chi connectivity index (χ4n) is 4.60. The van der Waals surface area contributed by atoms with Crippen molar-refractivity contribution in [1.82, 2.24) is 14.7 Å². The minimum Gasteiger partial charge on any atom is -0.466 e. The standard InChI is InChI=1S/C27H32FN3O4S/c1-3-35-25(33)12-15-31-14-10-21(29-31)16-20-17-30(13-11-24(20)36-18(2)32)26(27(34)19-8-9-19)22-6-4-5-7-23(22)28/h4-7,10,14,16,19,24,26H,3,8-9,11-13,15,17H2,1-2H3/t24-,26?/m1/s1. The first kappa shape index (κ1) is 26.3. The van der Waals surface area contributed by atoms with Gasteiger partial charge in [-0.25, -0.2) is 4.39 Å². The van der Waals surface area contributed by atoms with Gasteiger partial charge in [-0.15, -0.1) is 0 Å². The van der Waals surface area contributed by atoms with Crippen molar-refractivity contribution in [2.75, 3.05) is 19.7 Å². The minimum atomic E-state index is -0.646. The second-order valence-corrected chi connectivity index (χ2v) is 10.6. The van der Waals surface area contributed by atoms with Crippen LogP contribution in [0.1, 0.15) is 56.8 Å². The van der Waals surface area contributed by atoms with Gasteiger partial charge in [0.05, 0.1) is 31.3 Å². The number of carbonyl (C=O) groups is 3. The van der Waals surface area contributed by atoms with E-state index in [4.69, 9.17) is 4.74 Å². The third-order valence-electron chi connectivity index (χ3n) is 6.45. The second-order valence-electron chi connectivity index (χ2n) is 9.24. The van der Waals surface area contributed by atoms with Crippen molar-refractivity contribution >= 4 is 34.7 Å². The van der Waals surface area contributed by atoms with Crippen LogP contribution in [0.15, 0.2) is 42.1 Å². The smallest absolute Gasteiger partial charge is 0.307 e. The van der Waals surface area contributed by atoms with E-state index in [2.05, 4.69) is 5.10 Å². The van der Waals surface area contributed by atoms with Crippen molar-refractivity contribution in [3.8, 4) is 0 Å². The molecule has 2 aliphatic rings. The lowest BCUT2D eigenvalue weighted by Crippen LogP contribution is -2.43. The summed E-state index contributed by atoms with van der Waals surface area (Å²) in [4.78, 5) is 39.0. The van der Waals surface area contributed by atoms with Crippen LogP contribution in [-0.2, 0) is 25.7 Å². The maximum absolute atomic E-state index is 14.8. The van der Waals surface area contributed by atoms with Crippen LogP contribution in [0.5, 0.6) is 0 Å². The number of aromatic nitrogens is 2. The maximum Gasteiger partial charge on any atom is 0.307 e. The van der Waals surface area contributed by atoms with Crippen LogP contribution in [0, 0.1) is 11.7 Å². The Morgan fingerprint density at radius 3 is 2.69 bits per heavy atom. The number of halogens is 1. The van der Waals surface area contributed by atoms with E-state index in [0.717, 1.165) is 18.4 Å². The molecule has 2 fully saturated rings. The molecule has 0 spiro atoms. The first-order chi connectivity index (χ1) is 17.4. The van der Waals surface area contributed by atoms with Gasteiger partial charge in [-0.05, 0) is 50.0 Å². The summed E-state index contributed by atoms with van der Waals surface area (Å²) in [5.74, 6) is -0.585. The molecule has 36 heavy (non-hydrogen) atoms. The quantitative estimate of drug-likeness (QED) is 0.435. The first-order valence-electron chi connectivity index (χ1n) is 12.4. The molecule has 1 aromatic heterocycles. The number of ether oxygens (including phenoxy) is 1. The predicted molar refractivity (Wildman–Crippen MR) is 137 cm³/mol. The normalized spacial score (nSPS) is 20.3. The summed E-state index contributed by atoms with van der Waals surface area (Å²) in [5, 5.41) is 4.54. The number of ketones is 1. The molecule has 1 aliphatic carbocycles. The molecule has 1 aliphatic heterocycles. The number of carbonyl (C=O) groups excluding carboxylic acids is 3. The summed E-state index contributed by atoms with van der Waals surface area (Å²) in [6, 6.07) is 7.72. The Kier molecular flexibility index (Phi) is 8.74. The van der Waals surface area contributed by atoms with Gasteiger partial charge in [0.2, 0.25) is 0 Å². The molecule has 1 saturated heterocycles. The molecule has 1 aromatic carbocycles. The zero-order chi connectivity index (χ0) is 25.7. The van der Waals surface area contributed by atoms with E-state index < -0.39 is 6.04 Å². The number of benzene rings is 1. The van der Waals surface area contributed by atoms with Gasteiger partial charge in [-0.1, -0.05) is 30.0 Å². The number of hydrogen-bond donors (Lipinski definition) is 0. The number of likely N-dealkylation sites (tertiary alicyclic amines) is 1. The maximum atomic E-state index is 14.8. The van der Waals surface area contributed by atoms with Gasteiger partial charge >= 0.3 is 5.97 Å². The number of nitrogens with zero attached hydrogens (tertiary/aromatic N) is 3. The fourth-order valence-corrected chi connectivity index (χ4v) is 5.52. The second kappa shape index (κ2) is 12.0. The summed E-state index contributed by atoms with van der Waals surface area (Å²) >= 11 is 1.28. The molecule has 192 valence electrons. The van der Waals surface area contributed by atoms with Crippen LogP contribution in [0.2, 0.25) is 0 Å². The third kappa shape index (κ3) is 6.70. The van der Waals surface area contributed by atoms with Crippen LogP contribution in [-0.4, -0.2) is 56.5 Å². The lowest BCUT2D eigenvalue weighted by Gasteiger charge is -2.38. The Morgan fingerprint density at radius 1 is 1.22 bits per heavy atom. The van der Waals surface area contributed by atoms with Crippen molar-refractivity contribution in [1.29, 1.82) is 0 Å². The van der Waals surface area contributed by atoms with Crippen molar-refractivity contribution in [3.63, 3.8) is 0 Å². The number of thioether (sulfide) groups is 1. The molecular formula is C27H32FN3O4S. The first-order valence-corrected chi connectivity index (χ1v) is 13.3. The Balaban J connectivity index is 1.57.